The Kier molecular flexibility index (Phi) is 2.83. The number of hydrogen-bond donors (Lipinski definition) is 3. The Hall–Kier alpha value is -0.880. The van der Waals surface area contributed by atoms with Crippen molar-refractivity contribution in [1.82, 2.24) is 15.5 Å². The van der Waals surface area contributed by atoms with Gasteiger partial charge in [0.1, 0.15) is 0 Å². The van der Waals surface area contributed by atoms with E-state index in [2.05, 4.69) is 26.8 Å². The third-order valence-corrected chi connectivity index (χ3v) is 2.84. The Bertz CT molecular complexity index is 275. The first-order valence-corrected chi connectivity index (χ1v) is 5.98. The summed E-state index contributed by atoms with van der Waals surface area (Å²) in [5.74, 6) is 2.04. The van der Waals surface area contributed by atoms with Gasteiger partial charge in [-0.1, -0.05) is 0 Å². The fourth-order valence-electron chi connectivity index (χ4n) is 1.51. The largest absolute Gasteiger partial charge is 0.356 e. The van der Waals surface area contributed by atoms with Crippen LogP contribution in [-0.2, 0) is 0 Å². The molecular formula is C8H15N5S. The monoisotopic (exact) mass is 213 g/mol. The van der Waals surface area contributed by atoms with Crippen LogP contribution in [0.4, 0.5) is 0 Å². The predicted molar refractivity (Wildman–Crippen MR) is 59.7 cm³/mol. The van der Waals surface area contributed by atoms with Crippen LogP contribution in [0.1, 0.15) is 0 Å². The summed E-state index contributed by atoms with van der Waals surface area (Å²) >= 11 is 1.85. The van der Waals surface area contributed by atoms with Gasteiger partial charge in [0, 0.05) is 18.5 Å². The minimum Gasteiger partial charge on any atom is -0.356 e. The molecule has 0 bridgehead atoms. The molecule has 1 saturated heterocycles. The third-order valence-electron chi connectivity index (χ3n) is 2.24. The zero-order valence-electron chi connectivity index (χ0n) is 8.16. The highest BCUT2D eigenvalue weighted by Crippen LogP contribution is 2.14. The Morgan fingerprint density at radius 1 is 1.79 bits per heavy atom. The summed E-state index contributed by atoms with van der Waals surface area (Å²) in [5.41, 5.74) is 6.76. The van der Waals surface area contributed by atoms with Crippen LogP contribution in [0.3, 0.4) is 0 Å². The van der Waals surface area contributed by atoms with E-state index in [1.165, 1.54) is 0 Å². The lowest BCUT2D eigenvalue weighted by atomic mass is 10.3. The van der Waals surface area contributed by atoms with E-state index in [4.69, 9.17) is 5.73 Å². The van der Waals surface area contributed by atoms with Crippen molar-refractivity contribution in [2.45, 2.75) is 6.29 Å². The summed E-state index contributed by atoms with van der Waals surface area (Å²) in [6, 6.07) is 0. The Balaban J connectivity index is 2.02. The van der Waals surface area contributed by atoms with Gasteiger partial charge in [-0.15, -0.1) is 0 Å². The van der Waals surface area contributed by atoms with E-state index in [0.29, 0.717) is 0 Å². The molecule has 14 heavy (non-hydrogen) atoms. The summed E-state index contributed by atoms with van der Waals surface area (Å²) < 4.78 is 0. The van der Waals surface area contributed by atoms with Crippen LogP contribution in [0.15, 0.2) is 16.9 Å². The summed E-state index contributed by atoms with van der Waals surface area (Å²) in [6.45, 7) is 1.87. The maximum absolute atomic E-state index is 5.63. The van der Waals surface area contributed by atoms with Crippen LogP contribution >= 0.6 is 11.8 Å². The molecule has 0 radical (unpaired) electrons. The minimum atomic E-state index is -0.304. The molecule has 0 aromatic carbocycles. The first-order valence-electron chi connectivity index (χ1n) is 4.59. The summed E-state index contributed by atoms with van der Waals surface area (Å²) in [5, 5.41) is 6.23. The van der Waals surface area contributed by atoms with Crippen LogP contribution in [0.25, 0.3) is 0 Å². The van der Waals surface area contributed by atoms with Crippen molar-refractivity contribution in [3.63, 3.8) is 0 Å². The van der Waals surface area contributed by atoms with E-state index >= 15 is 0 Å². The maximum atomic E-state index is 5.63. The lowest BCUT2D eigenvalue weighted by Crippen LogP contribution is -2.38. The number of fused-ring (bicyclic) bond motifs is 1. The van der Waals surface area contributed by atoms with Crippen LogP contribution < -0.4 is 16.4 Å². The second-order valence-corrected chi connectivity index (χ2v) is 4.20. The van der Waals surface area contributed by atoms with E-state index in [0.717, 1.165) is 30.5 Å². The van der Waals surface area contributed by atoms with Crippen LogP contribution in [-0.4, -0.2) is 42.2 Å². The highest BCUT2D eigenvalue weighted by atomic mass is 32.2. The molecule has 0 spiro atoms. The van der Waals surface area contributed by atoms with E-state index in [-0.39, 0.29) is 6.29 Å². The van der Waals surface area contributed by atoms with Gasteiger partial charge in [-0.25, -0.2) is 4.99 Å². The number of nitrogens with two attached hydrogens (primary N) is 1. The average molecular weight is 213 g/mol. The average Bonchev–Trinajstić information content (AvgIpc) is 2.57. The normalized spacial score (nSPS) is 24.7. The van der Waals surface area contributed by atoms with Crippen LogP contribution in [0.2, 0.25) is 0 Å². The molecule has 6 heteroatoms. The first kappa shape index (κ1) is 9.67. The van der Waals surface area contributed by atoms with Gasteiger partial charge >= 0.3 is 0 Å². The van der Waals surface area contributed by atoms with Crippen molar-refractivity contribution < 1.29 is 0 Å². The highest BCUT2D eigenvalue weighted by Gasteiger charge is 2.25. The minimum absolute atomic E-state index is 0.304. The molecule has 1 fully saturated rings. The Morgan fingerprint density at radius 2 is 2.64 bits per heavy atom. The zero-order valence-corrected chi connectivity index (χ0v) is 8.97. The molecule has 78 valence electrons. The molecule has 2 aliphatic heterocycles. The molecule has 0 aromatic heterocycles. The third kappa shape index (κ3) is 1.80. The van der Waals surface area contributed by atoms with Crippen molar-refractivity contribution in [2.75, 3.05) is 25.2 Å². The lowest BCUT2D eigenvalue weighted by Gasteiger charge is -2.20. The molecule has 5 nitrogen and oxygen atoms in total. The van der Waals surface area contributed by atoms with E-state index in [1.807, 2.05) is 18.0 Å². The number of thioether (sulfide) groups is 1. The number of nitrogens with one attached hydrogen (secondary N) is 2. The Morgan fingerprint density at radius 3 is 3.43 bits per heavy atom. The molecule has 1 atom stereocenters. The topological polar surface area (TPSA) is 65.7 Å². The molecule has 2 heterocycles. The van der Waals surface area contributed by atoms with Crippen LogP contribution in [0, 0.1) is 0 Å². The molecule has 1 unspecified atom stereocenters. The fraction of sp³-hybridized carbons (Fsp3) is 0.625. The number of hydrogen-bond acceptors (Lipinski definition) is 6. The maximum Gasteiger partial charge on any atom is 0.173 e. The second-order valence-electron chi connectivity index (χ2n) is 3.21. The molecule has 0 saturated carbocycles. The predicted octanol–water partition coefficient (Wildman–Crippen LogP) is -0.702. The smallest absolute Gasteiger partial charge is 0.173 e. The van der Waals surface area contributed by atoms with Gasteiger partial charge in [0.05, 0.1) is 12.4 Å². The van der Waals surface area contributed by atoms with Crippen molar-refractivity contribution in [3.8, 4) is 0 Å². The number of aliphatic imine (C=N–C) groups is 1. The van der Waals surface area contributed by atoms with Crippen molar-refractivity contribution in [2.24, 2.45) is 10.7 Å². The summed E-state index contributed by atoms with van der Waals surface area (Å²) in [7, 11) is 0. The Labute approximate surface area is 87.8 Å². The quantitative estimate of drug-likeness (QED) is 0.578. The molecular weight excluding hydrogens is 198 g/mol. The summed E-state index contributed by atoms with van der Waals surface area (Å²) in [6.07, 6.45) is 3.75. The fourth-order valence-corrected chi connectivity index (χ4v) is 1.91. The standard InChI is InChI=1S/C8H15N5S/c1-14-3-2-13-5-11-7-6(13)4-10-8(9)12-7/h4,8,10H,2-3,5,9H2,1H3,(H,11,12). The van der Waals surface area contributed by atoms with Crippen molar-refractivity contribution in [3.05, 3.63) is 11.9 Å². The van der Waals surface area contributed by atoms with Gasteiger partial charge in [-0.05, 0) is 6.26 Å². The molecule has 4 N–H and O–H groups in total. The molecule has 2 rings (SSSR count). The van der Waals surface area contributed by atoms with Gasteiger partial charge in [-0.3, -0.25) is 5.73 Å². The zero-order chi connectivity index (χ0) is 9.97. The second kappa shape index (κ2) is 4.10. The SMILES string of the molecule is CSCCN1CNC2=NC(N)NC=C21. The van der Waals surface area contributed by atoms with Gasteiger partial charge < -0.3 is 15.5 Å². The number of amidine groups is 1. The molecule has 0 amide bonds. The number of rotatable bonds is 3. The van der Waals surface area contributed by atoms with Crippen LogP contribution in [0.5, 0.6) is 0 Å². The molecule has 0 aliphatic carbocycles. The van der Waals surface area contributed by atoms with Crippen molar-refractivity contribution >= 4 is 17.6 Å². The van der Waals surface area contributed by atoms with Gasteiger partial charge in [0.25, 0.3) is 0 Å². The number of nitrogens with zero attached hydrogens (tertiary/aromatic N) is 2. The van der Waals surface area contributed by atoms with Gasteiger partial charge in [-0.2, -0.15) is 11.8 Å². The van der Waals surface area contributed by atoms with Gasteiger partial charge in [0.2, 0.25) is 0 Å². The molecule has 0 aromatic rings. The lowest BCUT2D eigenvalue weighted by molar-refractivity contribution is 0.403. The van der Waals surface area contributed by atoms with E-state index < -0.39 is 0 Å². The van der Waals surface area contributed by atoms with Gasteiger partial charge in [0.15, 0.2) is 12.1 Å². The highest BCUT2D eigenvalue weighted by molar-refractivity contribution is 7.98. The van der Waals surface area contributed by atoms with E-state index in [9.17, 15) is 0 Å². The first-order chi connectivity index (χ1) is 6.81. The molecule has 2 aliphatic rings. The van der Waals surface area contributed by atoms with Crippen molar-refractivity contribution in [1.29, 1.82) is 0 Å². The van der Waals surface area contributed by atoms with E-state index in [1.54, 1.807) is 0 Å². The summed E-state index contributed by atoms with van der Waals surface area (Å²) in [4.78, 5) is 6.52.